The number of carbonyl (C=O) groups is 1. The van der Waals surface area contributed by atoms with Gasteiger partial charge in [-0.25, -0.2) is 4.79 Å². The second-order valence-corrected chi connectivity index (χ2v) is 5.78. The van der Waals surface area contributed by atoms with Crippen LogP contribution in [0.1, 0.15) is 44.7 Å². The number of ether oxygens (including phenoxy) is 1. The predicted molar refractivity (Wildman–Crippen MR) is 75.3 cm³/mol. The molecular weight excluding hydrogens is 297 g/mol. The standard InChI is InChI=1S/C15H17F3N2O2/c1-9(8-19)11-6-5-10(15(16,17)18)7-12(11)20-13(21)22-14(2,3)4/h5-7,9H,1-4H3,(H,20,21). The van der Waals surface area contributed by atoms with Gasteiger partial charge in [-0.1, -0.05) is 6.07 Å². The number of anilines is 1. The van der Waals surface area contributed by atoms with Gasteiger partial charge in [0, 0.05) is 5.69 Å². The van der Waals surface area contributed by atoms with Crippen LogP contribution >= 0.6 is 0 Å². The quantitative estimate of drug-likeness (QED) is 0.862. The van der Waals surface area contributed by atoms with Crippen molar-refractivity contribution < 1.29 is 22.7 Å². The Morgan fingerprint density at radius 1 is 1.32 bits per heavy atom. The Kier molecular flexibility index (Phi) is 5.07. The topological polar surface area (TPSA) is 62.1 Å². The zero-order chi connectivity index (χ0) is 17.1. The zero-order valence-electron chi connectivity index (χ0n) is 12.7. The molecule has 0 aromatic heterocycles. The Bertz CT molecular complexity index is 598. The molecule has 0 aliphatic rings. The SMILES string of the molecule is CC(C#N)c1ccc(C(F)(F)F)cc1NC(=O)OC(C)(C)C. The predicted octanol–water partition coefficient (Wildman–Crippen LogP) is 4.68. The largest absolute Gasteiger partial charge is 0.444 e. The normalized spacial score (nSPS) is 13.2. The van der Waals surface area contributed by atoms with E-state index in [9.17, 15) is 18.0 Å². The minimum absolute atomic E-state index is 0.0851. The van der Waals surface area contributed by atoms with Crippen molar-refractivity contribution >= 4 is 11.8 Å². The first kappa shape index (κ1) is 17.8. The summed E-state index contributed by atoms with van der Waals surface area (Å²) in [6.07, 6.45) is -5.42. The van der Waals surface area contributed by atoms with Crippen LogP contribution in [0, 0.1) is 11.3 Å². The molecule has 1 aromatic carbocycles. The molecule has 1 amide bonds. The highest BCUT2D eigenvalue weighted by molar-refractivity contribution is 5.86. The van der Waals surface area contributed by atoms with Crippen LogP contribution in [0.5, 0.6) is 0 Å². The molecule has 0 heterocycles. The van der Waals surface area contributed by atoms with E-state index in [1.165, 1.54) is 13.0 Å². The van der Waals surface area contributed by atoms with E-state index in [2.05, 4.69) is 5.32 Å². The maximum Gasteiger partial charge on any atom is 0.416 e. The molecule has 0 aliphatic carbocycles. The van der Waals surface area contributed by atoms with E-state index in [1.807, 2.05) is 6.07 Å². The van der Waals surface area contributed by atoms with Gasteiger partial charge in [0.25, 0.3) is 0 Å². The van der Waals surface area contributed by atoms with Crippen molar-refractivity contribution in [2.45, 2.75) is 45.4 Å². The third-order valence-corrected chi connectivity index (χ3v) is 2.68. The maximum atomic E-state index is 12.8. The van der Waals surface area contributed by atoms with Crippen molar-refractivity contribution in [2.24, 2.45) is 0 Å². The van der Waals surface area contributed by atoms with Crippen molar-refractivity contribution in [3.8, 4) is 6.07 Å². The number of nitriles is 1. The van der Waals surface area contributed by atoms with E-state index in [4.69, 9.17) is 10.00 Å². The molecule has 0 saturated carbocycles. The highest BCUT2D eigenvalue weighted by Crippen LogP contribution is 2.34. The Hall–Kier alpha value is -2.23. The minimum Gasteiger partial charge on any atom is -0.444 e. The Balaban J connectivity index is 3.18. The van der Waals surface area contributed by atoms with Crippen LogP contribution in [0.15, 0.2) is 18.2 Å². The number of carbonyl (C=O) groups excluding carboxylic acids is 1. The van der Waals surface area contributed by atoms with Crippen LogP contribution in [0.3, 0.4) is 0 Å². The molecule has 1 atom stereocenters. The fourth-order valence-corrected chi connectivity index (χ4v) is 1.70. The molecule has 0 radical (unpaired) electrons. The third-order valence-electron chi connectivity index (χ3n) is 2.68. The summed E-state index contributed by atoms with van der Waals surface area (Å²) in [4.78, 5) is 11.8. The Labute approximate surface area is 126 Å². The highest BCUT2D eigenvalue weighted by atomic mass is 19.4. The van der Waals surface area contributed by atoms with E-state index in [-0.39, 0.29) is 5.69 Å². The summed E-state index contributed by atoms with van der Waals surface area (Å²) in [5, 5.41) is 11.2. The van der Waals surface area contributed by atoms with Gasteiger partial charge < -0.3 is 4.74 Å². The molecule has 0 fully saturated rings. The van der Waals surface area contributed by atoms with Gasteiger partial charge in [0.05, 0.1) is 17.6 Å². The smallest absolute Gasteiger partial charge is 0.416 e. The average molecular weight is 314 g/mol. The summed E-state index contributed by atoms with van der Waals surface area (Å²) < 4.78 is 43.4. The number of benzene rings is 1. The first-order valence-electron chi connectivity index (χ1n) is 6.55. The lowest BCUT2D eigenvalue weighted by Gasteiger charge is -2.21. The van der Waals surface area contributed by atoms with Gasteiger partial charge in [-0.3, -0.25) is 5.32 Å². The summed E-state index contributed by atoms with van der Waals surface area (Å²) in [6, 6.07) is 4.79. The number of hydrogen-bond donors (Lipinski definition) is 1. The van der Waals surface area contributed by atoms with Gasteiger partial charge in [-0.15, -0.1) is 0 Å². The van der Waals surface area contributed by atoms with Gasteiger partial charge in [-0.05, 0) is 45.4 Å². The Morgan fingerprint density at radius 3 is 2.36 bits per heavy atom. The molecule has 0 spiro atoms. The van der Waals surface area contributed by atoms with Gasteiger partial charge in [0.1, 0.15) is 5.60 Å². The number of nitrogens with one attached hydrogen (secondary N) is 1. The Morgan fingerprint density at radius 2 is 1.91 bits per heavy atom. The molecule has 0 saturated heterocycles. The molecule has 1 aromatic rings. The monoisotopic (exact) mass is 314 g/mol. The fourth-order valence-electron chi connectivity index (χ4n) is 1.70. The molecule has 1 rings (SSSR count). The number of halogens is 3. The van der Waals surface area contributed by atoms with Gasteiger partial charge in [0.15, 0.2) is 0 Å². The second kappa shape index (κ2) is 6.26. The first-order chi connectivity index (χ1) is 9.94. The summed E-state index contributed by atoms with van der Waals surface area (Å²) >= 11 is 0. The van der Waals surface area contributed by atoms with Crippen LogP contribution in [0.25, 0.3) is 0 Å². The molecule has 1 N–H and O–H groups in total. The van der Waals surface area contributed by atoms with Crippen molar-refractivity contribution in [3.05, 3.63) is 29.3 Å². The molecule has 1 unspecified atom stereocenters. The van der Waals surface area contributed by atoms with Crippen LogP contribution < -0.4 is 5.32 Å². The molecule has 120 valence electrons. The second-order valence-electron chi connectivity index (χ2n) is 5.78. The van der Waals surface area contributed by atoms with Crippen molar-refractivity contribution in [2.75, 3.05) is 5.32 Å². The number of rotatable bonds is 2. The lowest BCUT2D eigenvalue weighted by molar-refractivity contribution is -0.137. The zero-order valence-corrected chi connectivity index (χ0v) is 12.7. The van der Waals surface area contributed by atoms with Crippen LogP contribution in [-0.2, 0) is 10.9 Å². The maximum absolute atomic E-state index is 12.8. The lowest BCUT2D eigenvalue weighted by atomic mass is 9.98. The van der Waals surface area contributed by atoms with Crippen LogP contribution in [-0.4, -0.2) is 11.7 Å². The van der Waals surface area contributed by atoms with Crippen molar-refractivity contribution in [1.29, 1.82) is 5.26 Å². The van der Waals surface area contributed by atoms with E-state index in [1.54, 1.807) is 20.8 Å². The van der Waals surface area contributed by atoms with E-state index < -0.39 is 29.4 Å². The molecule has 7 heteroatoms. The van der Waals surface area contributed by atoms with Crippen molar-refractivity contribution in [3.63, 3.8) is 0 Å². The molecule has 22 heavy (non-hydrogen) atoms. The summed E-state index contributed by atoms with van der Waals surface area (Å²) in [6.45, 7) is 6.44. The highest BCUT2D eigenvalue weighted by Gasteiger charge is 2.31. The molecular formula is C15H17F3N2O2. The summed E-state index contributed by atoms with van der Waals surface area (Å²) in [5.41, 5.74) is -1.49. The fraction of sp³-hybridized carbons (Fsp3) is 0.467. The molecule has 0 bridgehead atoms. The first-order valence-corrected chi connectivity index (χ1v) is 6.55. The van der Waals surface area contributed by atoms with Crippen molar-refractivity contribution in [1.82, 2.24) is 0 Å². The minimum atomic E-state index is -4.54. The van der Waals surface area contributed by atoms with Gasteiger partial charge in [-0.2, -0.15) is 18.4 Å². The van der Waals surface area contributed by atoms with E-state index in [0.717, 1.165) is 12.1 Å². The number of alkyl halides is 3. The van der Waals surface area contributed by atoms with Crippen LogP contribution in [0.2, 0.25) is 0 Å². The molecule has 0 aliphatic heterocycles. The third kappa shape index (κ3) is 4.95. The van der Waals surface area contributed by atoms with E-state index >= 15 is 0 Å². The average Bonchev–Trinajstić information content (AvgIpc) is 2.34. The van der Waals surface area contributed by atoms with E-state index in [0.29, 0.717) is 5.56 Å². The van der Waals surface area contributed by atoms with Gasteiger partial charge >= 0.3 is 12.3 Å². The number of hydrogen-bond acceptors (Lipinski definition) is 3. The number of amides is 1. The summed E-state index contributed by atoms with van der Waals surface area (Å²) in [7, 11) is 0. The van der Waals surface area contributed by atoms with Gasteiger partial charge in [0.2, 0.25) is 0 Å². The lowest BCUT2D eigenvalue weighted by Crippen LogP contribution is -2.27. The molecule has 4 nitrogen and oxygen atoms in total. The number of nitrogens with zero attached hydrogens (tertiary/aromatic N) is 1. The van der Waals surface area contributed by atoms with Crippen LogP contribution in [0.4, 0.5) is 23.7 Å². The summed E-state index contributed by atoms with van der Waals surface area (Å²) in [5.74, 6) is -0.674.